The second-order valence-corrected chi connectivity index (χ2v) is 7.04. The molecule has 0 bridgehead atoms. The van der Waals surface area contributed by atoms with Gasteiger partial charge in [0.2, 0.25) is 0 Å². The predicted molar refractivity (Wildman–Crippen MR) is 93.7 cm³/mol. The monoisotopic (exact) mass is 340 g/mol. The lowest BCUT2D eigenvalue weighted by molar-refractivity contribution is -0.141. The third-order valence-corrected chi connectivity index (χ3v) is 5.78. The van der Waals surface area contributed by atoms with E-state index in [1.165, 1.54) is 16.5 Å². The smallest absolute Gasteiger partial charge is 0.326 e. The molecule has 24 heavy (non-hydrogen) atoms. The minimum absolute atomic E-state index is 0.261. The second kappa shape index (κ2) is 5.56. The van der Waals surface area contributed by atoms with E-state index in [0.29, 0.717) is 16.6 Å². The molecule has 4 rings (SSSR count). The average molecular weight is 340 g/mol. The molecule has 0 saturated heterocycles. The molecule has 0 saturated carbocycles. The van der Waals surface area contributed by atoms with Gasteiger partial charge >= 0.3 is 5.97 Å². The second-order valence-electron chi connectivity index (χ2n) is 5.96. The zero-order valence-electron chi connectivity index (χ0n) is 13.2. The van der Waals surface area contributed by atoms with Crippen molar-refractivity contribution in [3.8, 4) is 11.1 Å². The van der Waals surface area contributed by atoms with Crippen molar-refractivity contribution in [3.05, 3.63) is 51.4 Å². The molecule has 0 radical (unpaired) electrons. The van der Waals surface area contributed by atoms with Crippen LogP contribution in [0.5, 0.6) is 0 Å². The topological polar surface area (TPSA) is 72.2 Å². The Bertz CT molecular complexity index is 1020. The van der Waals surface area contributed by atoms with Crippen molar-refractivity contribution in [1.29, 1.82) is 0 Å². The minimum Gasteiger partial charge on any atom is -0.480 e. The van der Waals surface area contributed by atoms with E-state index in [2.05, 4.69) is 11.1 Å². The number of aromatic nitrogens is 2. The van der Waals surface area contributed by atoms with E-state index in [0.717, 1.165) is 28.8 Å². The summed E-state index contributed by atoms with van der Waals surface area (Å²) in [5.41, 5.74) is 2.99. The molecule has 1 aromatic carbocycles. The maximum absolute atomic E-state index is 13.0. The summed E-state index contributed by atoms with van der Waals surface area (Å²) in [5, 5.41) is 9.94. The number of aliphatic carboxylic acids is 1. The Balaban J connectivity index is 2.04. The molecule has 2 heterocycles. The molecule has 0 aliphatic heterocycles. The lowest BCUT2D eigenvalue weighted by Crippen LogP contribution is -2.29. The Hall–Kier alpha value is -2.47. The summed E-state index contributed by atoms with van der Waals surface area (Å²) >= 11 is 1.54. The van der Waals surface area contributed by atoms with Crippen molar-refractivity contribution in [2.75, 3.05) is 0 Å². The number of carboxylic acids is 1. The molecular weight excluding hydrogens is 324 g/mol. The number of carbonyl (C=O) groups is 1. The van der Waals surface area contributed by atoms with E-state index < -0.39 is 12.0 Å². The fourth-order valence-corrected chi connectivity index (χ4v) is 4.60. The van der Waals surface area contributed by atoms with Crippen LogP contribution in [0.2, 0.25) is 0 Å². The van der Waals surface area contributed by atoms with Crippen LogP contribution in [0, 0.1) is 0 Å². The van der Waals surface area contributed by atoms with Crippen LogP contribution in [0.25, 0.3) is 21.3 Å². The van der Waals surface area contributed by atoms with Crippen molar-refractivity contribution in [2.45, 2.75) is 32.2 Å². The molecule has 0 amide bonds. The Labute approximate surface area is 142 Å². The highest BCUT2D eigenvalue weighted by molar-refractivity contribution is 7.19. The first-order valence-corrected chi connectivity index (χ1v) is 8.77. The van der Waals surface area contributed by atoms with Crippen LogP contribution in [0.1, 0.15) is 29.8 Å². The standard InChI is InChI=1S/C18H16N2O3S/c1-2-12(18(22)23)20-9-19-16-15(17(20)21)14-11-6-4-3-5-10(11)7-8-13(14)24-16/h3-6,9,12H,2,7-8H2,1H3,(H,22,23). The number of hydrogen-bond donors (Lipinski definition) is 1. The zero-order chi connectivity index (χ0) is 16.8. The van der Waals surface area contributed by atoms with Gasteiger partial charge in [-0.25, -0.2) is 9.78 Å². The van der Waals surface area contributed by atoms with Crippen LogP contribution in [-0.2, 0) is 17.6 Å². The van der Waals surface area contributed by atoms with Gasteiger partial charge in [0.05, 0.1) is 11.7 Å². The van der Waals surface area contributed by atoms with E-state index in [1.54, 1.807) is 18.3 Å². The molecule has 122 valence electrons. The van der Waals surface area contributed by atoms with Gasteiger partial charge in [0.1, 0.15) is 10.9 Å². The third kappa shape index (κ3) is 2.10. The fourth-order valence-electron chi connectivity index (χ4n) is 3.45. The largest absolute Gasteiger partial charge is 0.480 e. The van der Waals surface area contributed by atoms with Gasteiger partial charge in [-0.05, 0) is 30.4 Å². The fraction of sp³-hybridized carbons (Fsp3) is 0.278. The number of thiophene rings is 1. The number of aryl methyl sites for hydroxylation is 2. The lowest BCUT2D eigenvalue weighted by Gasteiger charge is -2.17. The summed E-state index contributed by atoms with van der Waals surface area (Å²) in [4.78, 5) is 30.7. The molecule has 0 spiro atoms. The van der Waals surface area contributed by atoms with Gasteiger partial charge in [-0.15, -0.1) is 11.3 Å². The molecule has 5 nitrogen and oxygen atoms in total. The van der Waals surface area contributed by atoms with E-state index in [1.807, 2.05) is 18.2 Å². The number of benzene rings is 1. The van der Waals surface area contributed by atoms with Gasteiger partial charge in [0.25, 0.3) is 5.56 Å². The van der Waals surface area contributed by atoms with Crippen molar-refractivity contribution in [1.82, 2.24) is 9.55 Å². The molecule has 1 aliphatic carbocycles. The SMILES string of the molecule is CCC(C(=O)O)n1cnc2sc3c(c2c1=O)-c1ccccc1CC3. The Morgan fingerprint density at radius 1 is 1.38 bits per heavy atom. The van der Waals surface area contributed by atoms with Gasteiger partial charge in [-0.1, -0.05) is 31.2 Å². The number of fused-ring (bicyclic) bond motifs is 5. The number of hydrogen-bond acceptors (Lipinski definition) is 4. The summed E-state index contributed by atoms with van der Waals surface area (Å²) in [6.45, 7) is 1.76. The molecule has 1 N–H and O–H groups in total. The molecule has 1 aliphatic rings. The average Bonchev–Trinajstić information content (AvgIpc) is 2.97. The Morgan fingerprint density at radius 2 is 2.17 bits per heavy atom. The highest BCUT2D eigenvalue weighted by Crippen LogP contribution is 2.41. The molecule has 6 heteroatoms. The molecule has 0 fully saturated rings. The van der Waals surface area contributed by atoms with E-state index in [4.69, 9.17) is 0 Å². The van der Waals surface area contributed by atoms with Crippen molar-refractivity contribution >= 4 is 27.5 Å². The summed E-state index contributed by atoms with van der Waals surface area (Å²) in [5.74, 6) is -1.01. The van der Waals surface area contributed by atoms with E-state index in [9.17, 15) is 14.7 Å². The Morgan fingerprint density at radius 3 is 2.92 bits per heavy atom. The first-order valence-electron chi connectivity index (χ1n) is 7.95. The number of nitrogens with zero attached hydrogens (tertiary/aromatic N) is 2. The zero-order valence-corrected chi connectivity index (χ0v) is 14.0. The summed E-state index contributed by atoms with van der Waals surface area (Å²) < 4.78 is 1.26. The van der Waals surface area contributed by atoms with Gasteiger partial charge in [0, 0.05) is 10.4 Å². The molecule has 3 aromatic rings. The summed E-state index contributed by atoms with van der Waals surface area (Å²) in [6, 6.07) is 7.21. The van der Waals surface area contributed by atoms with E-state index >= 15 is 0 Å². The van der Waals surface area contributed by atoms with E-state index in [-0.39, 0.29) is 5.56 Å². The van der Waals surface area contributed by atoms with Crippen molar-refractivity contribution in [3.63, 3.8) is 0 Å². The van der Waals surface area contributed by atoms with Crippen molar-refractivity contribution in [2.24, 2.45) is 0 Å². The summed E-state index contributed by atoms with van der Waals surface area (Å²) in [7, 11) is 0. The van der Waals surface area contributed by atoms with Crippen LogP contribution >= 0.6 is 11.3 Å². The van der Waals surface area contributed by atoms with Crippen LogP contribution in [0.4, 0.5) is 0 Å². The highest BCUT2D eigenvalue weighted by Gasteiger charge is 2.26. The molecule has 1 atom stereocenters. The molecular formula is C18H16N2O3S. The third-order valence-electron chi connectivity index (χ3n) is 4.63. The van der Waals surface area contributed by atoms with Gasteiger partial charge < -0.3 is 5.11 Å². The lowest BCUT2D eigenvalue weighted by atomic mass is 9.89. The minimum atomic E-state index is -1.01. The molecule has 2 aromatic heterocycles. The maximum Gasteiger partial charge on any atom is 0.326 e. The number of rotatable bonds is 3. The normalized spacial score (nSPS) is 14.2. The van der Waals surface area contributed by atoms with Crippen LogP contribution in [0.3, 0.4) is 0 Å². The van der Waals surface area contributed by atoms with Gasteiger partial charge in [0.15, 0.2) is 0 Å². The van der Waals surface area contributed by atoms with Gasteiger partial charge in [-0.3, -0.25) is 9.36 Å². The van der Waals surface area contributed by atoms with Crippen molar-refractivity contribution < 1.29 is 9.90 Å². The van der Waals surface area contributed by atoms with Crippen LogP contribution in [0.15, 0.2) is 35.4 Å². The first kappa shape index (κ1) is 15.1. The highest BCUT2D eigenvalue weighted by atomic mass is 32.1. The van der Waals surface area contributed by atoms with Gasteiger partial charge in [-0.2, -0.15) is 0 Å². The maximum atomic E-state index is 13.0. The number of carboxylic acid groups (broad SMARTS) is 1. The van der Waals surface area contributed by atoms with Crippen LogP contribution in [-0.4, -0.2) is 20.6 Å². The quantitative estimate of drug-likeness (QED) is 0.794. The predicted octanol–water partition coefficient (Wildman–Crippen LogP) is 3.26. The summed E-state index contributed by atoms with van der Waals surface area (Å²) in [6.07, 6.45) is 3.56. The first-order chi connectivity index (χ1) is 11.6. The van der Waals surface area contributed by atoms with Crippen LogP contribution < -0.4 is 5.56 Å². The molecule has 1 unspecified atom stereocenters. The Kier molecular flexibility index (Phi) is 3.49.